The number of aromatic nitrogens is 1. The van der Waals surface area contributed by atoms with Crippen molar-refractivity contribution in [1.29, 1.82) is 0 Å². The van der Waals surface area contributed by atoms with Gasteiger partial charge in [0.15, 0.2) is 5.13 Å². The Balaban J connectivity index is 1.81. The quantitative estimate of drug-likeness (QED) is 0.888. The van der Waals surface area contributed by atoms with Crippen LogP contribution in [0.15, 0.2) is 30.3 Å². The SMILES string of the molecule is O=C(Nc1nc2c(s1)C(=O)NCCC2)c1ccccc1. The predicted molar refractivity (Wildman–Crippen MR) is 77.2 cm³/mol. The zero-order chi connectivity index (χ0) is 13.9. The van der Waals surface area contributed by atoms with Crippen molar-refractivity contribution in [2.75, 3.05) is 11.9 Å². The van der Waals surface area contributed by atoms with Crippen LogP contribution in [0.3, 0.4) is 0 Å². The van der Waals surface area contributed by atoms with Crippen molar-refractivity contribution in [3.05, 3.63) is 46.5 Å². The van der Waals surface area contributed by atoms with Crippen molar-refractivity contribution in [2.45, 2.75) is 12.8 Å². The Hall–Kier alpha value is -2.21. The molecule has 0 bridgehead atoms. The molecule has 2 heterocycles. The Kier molecular flexibility index (Phi) is 3.47. The highest BCUT2D eigenvalue weighted by Gasteiger charge is 2.21. The number of carbonyl (C=O) groups is 2. The standard InChI is InChI=1S/C14H13N3O2S/c18-12(9-5-2-1-3-6-9)17-14-16-10-7-4-8-15-13(19)11(10)20-14/h1-3,5-6H,4,7-8H2,(H,15,19)(H,16,17,18). The van der Waals surface area contributed by atoms with E-state index in [1.165, 1.54) is 11.3 Å². The van der Waals surface area contributed by atoms with E-state index in [1.54, 1.807) is 24.3 Å². The molecule has 0 saturated heterocycles. The van der Waals surface area contributed by atoms with Gasteiger partial charge in [-0.1, -0.05) is 29.5 Å². The molecular formula is C14H13N3O2S. The minimum Gasteiger partial charge on any atom is -0.351 e. The van der Waals surface area contributed by atoms with Crippen LogP contribution >= 0.6 is 11.3 Å². The fourth-order valence-electron chi connectivity index (χ4n) is 2.05. The number of nitrogens with one attached hydrogen (secondary N) is 2. The maximum absolute atomic E-state index is 12.0. The average molecular weight is 287 g/mol. The number of hydrogen-bond acceptors (Lipinski definition) is 4. The van der Waals surface area contributed by atoms with Gasteiger partial charge in [-0.15, -0.1) is 0 Å². The minimum atomic E-state index is -0.213. The number of fused-ring (bicyclic) bond motifs is 1. The number of thiazole rings is 1. The van der Waals surface area contributed by atoms with E-state index < -0.39 is 0 Å². The summed E-state index contributed by atoms with van der Waals surface area (Å²) in [5, 5.41) is 6.04. The second-order valence-electron chi connectivity index (χ2n) is 4.47. The summed E-state index contributed by atoms with van der Waals surface area (Å²) in [5.74, 6) is -0.315. The Bertz CT molecular complexity index is 652. The maximum Gasteiger partial charge on any atom is 0.263 e. The van der Waals surface area contributed by atoms with Gasteiger partial charge in [0.1, 0.15) is 4.88 Å². The molecule has 2 N–H and O–H groups in total. The number of aryl methyl sites for hydroxylation is 1. The first-order chi connectivity index (χ1) is 9.74. The lowest BCUT2D eigenvalue weighted by atomic mass is 10.2. The first kappa shape index (κ1) is 12.8. The van der Waals surface area contributed by atoms with Crippen molar-refractivity contribution in [1.82, 2.24) is 10.3 Å². The van der Waals surface area contributed by atoms with Crippen LogP contribution in [0.1, 0.15) is 32.1 Å². The average Bonchev–Trinajstić information content (AvgIpc) is 2.79. The van der Waals surface area contributed by atoms with E-state index in [-0.39, 0.29) is 11.8 Å². The molecule has 6 heteroatoms. The highest BCUT2D eigenvalue weighted by atomic mass is 32.1. The minimum absolute atomic E-state index is 0.102. The maximum atomic E-state index is 12.0. The fraction of sp³-hybridized carbons (Fsp3) is 0.214. The van der Waals surface area contributed by atoms with Gasteiger partial charge in [-0.3, -0.25) is 14.9 Å². The highest BCUT2D eigenvalue weighted by Crippen LogP contribution is 2.25. The molecule has 5 nitrogen and oxygen atoms in total. The van der Waals surface area contributed by atoms with Crippen molar-refractivity contribution in [3.8, 4) is 0 Å². The predicted octanol–water partition coefficient (Wildman–Crippen LogP) is 2.07. The van der Waals surface area contributed by atoms with E-state index in [1.807, 2.05) is 6.07 Å². The van der Waals surface area contributed by atoms with Crippen LogP contribution in [-0.2, 0) is 6.42 Å². The third-order valence-corrected chi connectivity index (χ3v) is 4.05. The van der Waals surface area contributed by atoms with Crippen LogP contribution in [0.25, 0.3) is 0 Å². The smallest absolute Gasteiger partial charge is 0.263 e. The van der Waals surface area contributed by atoms with E-state index in [0.717, 1.165) is 18.5 Å². The molecule has 20 heavy (non-hydrogen) atoms. The zero-order valence-corrected chi connectivity index (χ0v) is 11.5. The molecule has 0 radical (unpaired) electrons. The molecule has 2 amide bonds. The summed E-state index contributed by atoms with van der Waals surface area (Å²) in [6.07, 6.45) is 1.63. The van der Waals surface area contributed by atoms with Crippen molar-refractivity contribution < 1.29 is 9.59 Å². The third-order valence-electron chi connectivity index (χ3n) is 3.04. The van der Waals surface area contributed by atoms with Crippen molar-refractivity contribution >= 4 is 28.3 Å². The molecule has 1 aromatic heterocycles. The van der Waals surface area contributed by atoms with E-state index in [0.29, 0.717) is 22.1 Å². The Morgan fingerprint density at radius 3 is 2.90 bits per heavy atom. The second-order valence-corrected chi connectivity index (χ2v) is 5.47. The largest absolute Gasteiger partial charge is 0.351 e. The van der Waals surface area contributed by atoms with Gasteiger partial charge >= 0.3 is 0 Å². The molecule has 0 aliphatic carbocycles. The summed E-state index contributed by atoms with van der Waals surface area (Å²) in [5.41, 5.74) is 1.34. The molecule has 2 aromatic rings. The van der Waals surface area contributed by atoms with Crippen LogP contribution in [0.4, 0.5) is 5.13 Å². The van der Waals surface area contributed by atoms with E-state index in [4.69, 9.17) is 0 Å². The molecule has 1 aliphatic heterocycles. The molecule has 0 spiro atoms. The first-order valence-electron chi connectivity index (χ1n) is 6.38. The number of hydrogen-bond donors (Lipinski definition) is 2. The Labute approximate surface area is 120 Å². The van der Waals surface area contributed by atoms with Gasteiger partial charge in [-0.05, 0) is 25.0 Å². The summed E-state index contributed by atoms with van der Waals surface area (Å²) in [6, 6.07) is 8.94. The van der Waals surface area contributed by atoms with Gasteiger partial charge in [-0.2, -0.15) is 0 Å². The molecular weight excluding hydrogens is 274 g/mol. The number of benzene rings is 1. The van der Waals surface area contributed by atoms with E-state index in [9.17, 15) is 9.59 Å². The Morgan fingerprint density at radius 2 is 2.10 bits per heavy atom. The summed E-state index contributed by atoms with van der Waals surface area (Å²) >= 11 is 1.22. The highest BCUT2D eigenvalue weighted by molar-refractivity contribution is 7.17. The fourth-order valence-corrected chi connectivity index (χ4v) is 2.97. The van der Waals surface area contributed by atoms with E-state index >= 15 is 0 Å². The number of nitrogens with zero attached hydrogens (tertiary/aromatic N) is 1. The lowest BCUT2D eigenvalue weighted by molar-refractivity contribution is 0.0958. The monoisotopic (exact) mass is 287 g/mol. The zero-order valence-electron chi connectivity index (χ0n) is 10.7. The van der Waals surface area contributed by atoms with Crippen LogP contribution in [-0.4, -0.2) is 23.3 Å². The topological polar surface area (TPSA) is 71.1 Å². The number of amides is 2. The van der Waals surface area contributed by atoms with Crippen molar-refractivity contribution in [2.24, 2.45) is 0 Å². The third kappa shape index (κ3) is 2.55. The van der Waals surface area contributed by atoms with Crippen LogP contribution in [0, 0.1) is 0 Å². The van der Waals surface area contributed by atoms with Crippen LogP contribution in [0.2, 0.25) is 0 Å². The molecule has 3 rings (SSSR count). The van der Waals surface area contributed by atoms with Gasteiger partial charge in [0.05, 0.1) is 5.69 Å². The molecule has 0 unspecified atom stereocenters. The number of anilines is 1. The molecule has 0 atom stereocenters. The molecule has 1 aliphatic rings. The lowest BCUT2D eigenvalue weighted by Crippen LogP contribution is -2.21. The summed E-state index contributed by atoms with van der Waals surface area (Å²) in [7, 11) is 0. The summed E-state index contributed by atoms with van der Waals surface area (Å²) in [6.45, 7) is 0.674. The summed E-state index contributed by atoms with van der Waals surface area (Å²) < 4.78 is 0. The van der Waals surface area contributed by atoms with Crippen LogP contribution in [0.5, 0.6) is 0 Å². The molecule has 0 fully saturated rings. The number of rotatable bonds is 2. The molecule has 102 valence electrons. The normalized spacial score (nSPS) is 14.1. The first-order valence-corrected chi connectivity index (χ1v) is 7.20. The molecule has 0 saturated carbocycles. The van der Waals surface area contributed by atoms with E-state index in [2.05, 4.69) is 15.6 Å². The lowest BCUT2D eigenvalue weighted by Gasteiger charge is -2.01. The van der Waals surface area contributed by atoms with Gasteiger partial charge in [0, 0.05) is 12.1 Å². The summed E-state index contributed by atoms with van der Waals surface area (Å²) in [4.78, 5) is 28.8. The van der Waals surface area contributed by atoms with Crippen molar-refractivity contribution in [3.63, 3.8) is 0 Å². The van der Waals surface area contributed by atoms with Gasteiger partial charge in [-0.25, -0.2) is 4.98 Å². The Morgan fingerprint density at radius 1 is 1.30 bits per heavy atom. The second kappa shape index (κ2) is 5.42. The number of carbonyl (C=O) groups excluding carboxylic acids is 2. The van der Waals surface area contributed by atoms with Crippen LogP contribution < -0.4 is 10.6 Å². The van der Waals surface area contributed by atoms with Gasteiger partial charge < -0.3 is 5.32 Å². The van der Waals surface area contributed by atoms with Gasteiger partial charge in [0.25, 0.3) is 11.8 Å². The van der Waals surface area contributed by atoms with Gasteiger partial charge in [0.2, 0.25) is 0 Å². The molecule has 1 aromatic carbocycles.